The fraction of sp³-hybridized carbons (Fsp3) is 0.364. The lowest BCUT2D eigenvalue weighted by atomic mass is 10.1. The fourth-order valence-electron chi connectivity index (χ4n) is 1.64. The van der Waals surface area contributed by atoms with Gasteiger partial charge in [-0.25, -0.2) is 0 Å². The zero-order valence-corrected chi connectivity index (χ0v) is 11.3. The van der Waals surface area contributed by atoms with E-state index in [4.69, 9.17) is 0 Å². The van der Waals surface area contributed by atoms with Crippen LogP contribution in [0.1, 0.15) is 23.6 Å². The number of thiophene rings is 1. The molecule has 0 aliphatic heterocycles. The Hall–Kier alpha value is -0.650. The lowest BCUT2D eigenvalue weighted by Crippen LogP contribution is -2.09. The van der Waals surface area contributed by atoms with E-state index in [0.717, 1.165) is 21.6 Å². The predicted octanol–water partition coefficient (Wildman–Crippen LogP) is 3.00. The zero-order chi connectivity index (χ0) is 11.5. The normalized spacial score (nSPS) is 12.9. The number of hydrogen-bond donors (Lipinski definition) is 1. The Morgan fingerprint density at radius 2 is 2.38 bits per heavy atom. The molecule has 0 radical (unpaired) electrons. The van der Waals surface area contributed by atoms with Gasteiger partial charge in [0.1, 0.15) is 6.10 Å². The molecule has 0 saturated heterocycles. The van der Waals surface area contributed by atoms with Gasteiger partial charge < -0.3 is 5.11 Å². The summed E-state index contributed by atoms with van der Waals surface area (Å²) in [6, 6.07) is 3.87. The van der Waals surface area contributed by atoms with E-state index in [0.29, 0.717) is 6.42 Å². The van der Waals surface area contributed by atoms with Gasteiger partial charge in [-0.2, -0.15) is 5.10 Å². The van der Waals surface area contributed by atoms with Crippen molar-refractivity contribution in [3.05, 3.63) is 38.8 Å². The summed E-state index contributed by atoms with van der Waals surface area (Å²) >= 11 is 5.12. The molecule has 5 heteroatoms. The summed E-state index contributed by atoms with van der Waals surface area (Å²) in [5, 5.41) is 16.3. The van der Waals surface area contributed by atoms with Crippen molar-refractivity contribution in [2.45, 2.75) is 26.0 Å². The molecule has 1 atom stereocenters. The van der Waals surface area contributed by atoms with E-state index in [2.05, 4.69) is 21.0 Å². The summed E-state index contributed by atoms with van der Waals surface area (Å²) in [7, 11) is 0. The van der Waals surface area contributed by atoms with E-state index in [1.54, 1.807) is 17.5 Å². The molecule has 0 spiro atoms. The van der Waals surface area contributed by atoms with Crippen molar-refractivity contribution in [3.8, 4) is 0 Å². The van der Waals surface area contributed by atoms with Crippen LogP contribution in [0.3, 0.4) is 0 Å². The highest BCUT2D eigenvalue weighted by atomic mass is 79.9. The van der Waals surface area contributed by atoms with E-state index < -0.39 is 6.10 Å². The summed E-state index contributed by atoms with van der Waals surface area (Å²) in [5.74, 6) is 0. The summed E-state index contributed by atoms with van der Waals surface area (Å²) in [6.45, 7) is 2.80. The van der Waals surface area contributed by atoms with Gasteiger partial charge in [-0.1, -0.05) is 0 Å². The molecule has 1 N–H and O–H groups in total. The number of aliphatic hydroxyl groups is 1. The third kappa shape index (κ3) is 2.36. The third-order valence-electron chi connectivity index (χ3n) is 2.46. The number of hydrogen-bond acceptors (Lipinski definition) is 3. The van der Waals surface area contributed by atoms with Gasteiger partial charge in [-0.05, 0) is 40.4 Å². The summed E-state index contributed by atoms with van der Waals surface area (Å²) in [6.07, 6.45) is 1.87. The molecule has 0 aliphatic carbocycles. The van der Waals surface area contributed by atoms with Crippen LogP contribution in [0, 0.1) is 0 Å². The molecule has 0 aromatic carbocycles. The maximum Gasteiger partial charge on any atom is 0.100 e. The Kier molecular flexibility index (Phi) is 3.78. The van der Waals surface area contributed by atoms with Crippen LogP contribution in [-0.2, 0) is 13.0 Å². The van der Waals surface area contributed by atoms with Gasteiger partial charge in [0, 0.05) is 28.5 Å². The van der Waals surface area contributed by atoms with Crippen molar-refractivity contribution in [1.29, 1.82) is 0 Å². The van der Waals surface area contributed by atoms with E-state index in [1.807, 2.05) is 29.1 Å². The van der Waals surface area contributed by atoms with Crippen molar-refractivity contribution in [3.63, 3.8) is 0 Å². The van der Waals surface area contributed by atoms with Gasteiger partial charge in [-0.3, -0.25) is 4.68 Å². The minimum Gasteiger partial charge on any atom is -0.386 e. The van der Waals surface area contributed by atoms with Crippen LogP contribution in [-0.4, -0.2) is 14.9 Å². The minimum absolute atomic E-state index is 0.489. The van der Waals surface area contributed by atoms with Gasteiger partial charge >= 0.3 is 0 Å². The van der Waals surface area contributed by atoms with E-state index >= 15 is 0 Å². The van der Waals surface area contributed by atoms with Crippen molar-refractivity contribution >= 4 is 27.3 Å². The molecule has 0 amide bonds. The molecular weight excluding hydrogens is 288 g/mol. The van der Waals surface area contributed by atoms with Crippen LogP contribution in [0.4, 0.5) is 0 Å². The maximum absolute atomic E-state index is 10.1. The summed E-state index contributed by atoms with van der Waals surface area (Å²) in [4.78, 5) is 1.16. The molecule has 0 aliphatic rings. The number of aryl methyl sites for hydroxylation is 1. The second-order valence-corrected chi connectivity index (χ2v) is 5.34. The Bertz CT molecular complexity index is 466. The zero-order valence-electron chi connectivity index (χ0n) is 8.93. The second kappa shape index (κ2) is 5.12. The molecule has 2 rings (SSSR count). The third-order valence-corrected chi connectivity index (χ3v) is 4.41. The number of aromatic nitrogens is 2. The number of rotatable bonds is 4. The highest BCUT2D eigenvalue weighted by Gasteiger charge is 2.15. The SMILES string of the molecule is CCn1nccc1C(O)Cc1sccc1Br. The first-order valence-corrected chi connectivity index (χ1v) is 6.81. The average molecular weight is 301 g/mol. The highest BCUT2D eigenvalue weighted by Crippen LogP contribution is 2.28. The van der Waals surface area contributed by atoms with Crippen LogP contribution >= 0.6 is 27.3 Å². The summed E-state index contributed by atoms with van der Waals surface area (Å²) < 4.78 is 2.89. The van der Waals surface area contributed by atoms with Crippen LogP contribution in [0.25, 0.3) is 0 Å². The molecule has 0 bridgehead atoms. The van der Waals surface area contributed by atoms with E-state index in [1.165, 1.54) is 0 Å². The first-order valence-electron chi connectivity index (χ1n) is 5.14. The Morgan fingerprint density at radius 1 is 1.56 bits per heavy atom. The lowest BCUT2D eigenvalue weighted by Gasteiger charge is -2.11. The van der Waals surface area contributed by atoms with Crippen molar-refractivity contribution in [2.75, 3.05) is 0 Å². The smallest absolute Gasteiger partial charge is 0.100 e. The molecular formula is C11H13BrN2OS. The van der Waals surface area contributed by atoms with Gasteiger partial charge in [0.25, 0.3) is 0 Å². The van der Waals surface area contributed by atoms with Crippen LogP contribution in [0.5, 0.6) is 0 Å². The van der Waals surface area contributed by atoms with Crippen molar-refractivity contribution in [1.82, 2.24) is 9.78 Å². The van der Waals surface area contributed by atoms with Gasteiger partial charge in [0.15, 0.2) is 0 Å². The molecule has 0 saturated carbocycles. The van der Waals surface area contributed by atoms with Crippen LogP contribution in [0.15, 0.2) is 28.2 Å². The van der Waals surface area contributed by atoms with Crippen LogP contribution in [0.2, 0.25) is 0 Å². The molecule has 16 heavy (non-hydrogen) atoms. The van der Waals surface area contributed by atoms with E-state index in [9.17, 15) is 5.11 Å². The standard InChI is InChI=1S/C11H13BrN2OS/c1-2-14-9(3-5-13-14)10(15)7-11-8(12)4-6-16-11/h3-6,10,15H,2,7H2,1H3. The number of halogens is 1. The Morgan fingerprint density at radius 3 is 3.00 bits per heavy atom. The van der Waals surface area contributed by atoms with Crippen LogP contribution < -0.4 is 0 Å². The largest absolute Gasteiger partial charge is 0.386 e. The van der Waals surface area contributed by atoms with Crippen molar-refractivity contribution < 1.29 is 5.11 Å². The van der Waals surface area contributed by atoms with E-state index in [-0.39, 0.29) is 0 Å². The highest BCUT2D eigenvalue weighted by molar-refractivity contribution is 9.10. The molecule has 0 fully saturated rings. The summed E-state index contributed by atoms with van der Waals surface area (Å²) in [5.41, 5.74) is 0.878. The molecule has 86 valence electrons. The topological polar surface area (TPSA) is 38.0 Å². The quantitative estimate of drug-likeness (QED) is 0.942. The molecule has 3 nitrogen and oxygen atoms in total. The number of aliphatic hydroxyl groups excluding tert-OH is 1. The number of nitrogens with zero attached hydrogens (tertiary/aromatic N) is 2. The fourth-order valence-corrected chi connectivity index (χ4v) is 3.19. The monoisotopic (exact) mass is 300 g/mol. The first-order chi connectivity index (χ1) is 7.72. The predicted molar refractivity (Wildman–Crippen MR) is 68.6 cm³/mol. The Balaban J connectivity index is 2.14. The van der Waals surface area contributed by atoms with Gasteiger partial charge in [-0.15, -0.1) is 11.3 Å². The molecule has 2 aromatic rings. The first kappa shape index (κ1) is 11.8. The minimum atomic E-state index is -0.489. The average Bonchev–Trinajstić information content (AvgIpc) is 2.87. The van der Waals surface area contributed by atoms with Crippen molar-refractivity contribution in [2.24, 2.45) is 0 Å². The van der Waals surface area contributed by atoms with Gasteiger partial charge in [0.05, 0.1) is 5.69 Å². The molecule has 2 heterocycles. The maximum atomic E-state index is 10.1. The van der Waals surface area contributed by atoms with Gasteiger partial charge in [0.2, 0.25) is 0 Å². The molecule has 2 aromatic heterocycles. The molecule has 1 unspecified atom stereocenters. The lowest BCUT2D eigenvalue weighted by molar-refractivity contribution is 0.168. The second-order valence-electron chi connectivity index (χ2n) is 3.48. The Labute approximate surface area is 107 Å².